The number of aromatic nitrogens is 2. The Bertz CT molecular complexity index is 759. The van der Waals surface area contributed by atoms with Crippen molar-refractivity contribution < 1.29 is 19.2 Å². The Morgan fingerprint density at radius 3 is 3.09 bits per heavy atom. The summed E-state index contributed by atoms with van der Waals surface area (Å²) in [6.45, 7) is 0.345. The molecule has 0 radical (unpaired) electrons. The molecule has 3 heterocycles. The molecule has 22 heavy (non-hydrogen) atoms. The van der Waals surface area contributed by atoms with Crippen LogP contribution in [0.15, 0.2) is 35.5 Å². The molecule has 2 N–H and O–H groups in total. The highest BCUT2D eigenvalue weighted by molar-refractivity contribution is 8.04. The molecule has 2 aromatic heterocycles. The van der Waals surface area contributed by atoms with E-state index >= 15 is 0 Å². The van der Waals surface area contributed by atoms with E-state index < -0.39 is 0 Å². The lowest BCUT2D eigenvalue weighted by Crippen LogP contribution is -2.33. The molecule has 0 bridgehead atoms. The summed E-state index contributed by atoms with van der Waals surface area (Å²) in [5.74, 6) is -0.353. The zero-order valence-corrected chi connectivity index (χ0v) is 13.4. The first-order chi connectivity index (χ1) is 10.6. The number of methoxy groups -OCH3 is 1. The van der Waals surface area contributed by atoms with Crippen molar-refractivity contribution in [2.75, 3.05) is 13.7 Å². The average Bonchev–Trinajstić information content (AvgIpc) is 3.02. The molecule has 116 valence electrons. The van der Waals surface area contributed by atoms with Crippen molar-refractivity contribution in [1.82, 2.24) is 9.72 Å². The zero-order valence-electron chi connectivity index (χ0n) is 11.8. The van der Waals surface area contributed by atoms with Gasteiger partial charge in [0, 0.05) is 24.3 Å². The molecule has 1 aliphatic rings. The van der Waals surface area contributed by atoms with Gasteiger partial charge in [-0.3, -0.25) is 4.79 Å². The molecule has 0 fully saturated rings. The Balaban J connectivity index is 2.06. The number of thioether (sulfide) groups is 1. The van der Waals surface area contributed by atoms with Crippen LogP contribution in [0.25, 0.3) is 5.65 Å². The van der Waals surface area contributed by atoms with E-state index in [4.69, 9.17) is 16.3 Å². The third kappa shape index (κ3) is 2.67. The van der Waals surface area contributed by atoms with Gasteiger partial charge in [0.1, 0.15) is 13.2 Å². The molecule has 0 saturated carbocycles. The largest absolute Gasteiger partial charge is 0.475 e. The van der Waals surface area contributed by atoms with Crippen LogP contribution < -0.4 is 9.88 Å². The first kappa shape index (κ1) is 15.2. The Morgan fingerprint density at radius 1 is 1.59 bits per heavy atom. The van der Waals surface area contributed by atoms with E-state index in [-0.39, 0.29) is 28.8 Å². The van der Waals surface area contributed by atoms with Gasteiger partial charge in [-0.1, -0.05) is 29.4 Å². The number of alkyl halides is 1. The van der Waals surface area contributed by atoms with Gasteiger partial charge in [0.15, 0.2) is 4.83 Å². The smallest absolute Gasteiger partial charge is 0.335 e. The maximum atomic E-state index is 12.2. The fourth-order valence-corrected chi connectivity index (χ4v) is 3.55. The number of aromatic hydroxyl groups is 1. The minimum atomic E-state index is -0.277. The van der Waals surface area contributed by atoms with Gasteiger partial charge in [-0.25, -0.2) is 0 Å². The van der Waals surface area contributed by atoms with Crippen molar-refractivity contribution >= 4 is 34.8 Å². The lowest BCUT2D eigenvalue weighted by Gasteiger charge is -2.00. The highest BCUT2D eigenvalue weighted by atomic mass is 35.5. The lowest BCUT2D eigenvalue weighted by atomic mass is 10.3. The van der Waals surface area contributed by atoms with E-state index in [0.717, 1.165) is 10.6 Å². The fourth-order valence-electron chi connectivity index (χ4n) is 2.40. The maximum Gasteiger partial charge on any atom is 0.335 e. The highest BCUT2D eigenvalue weighted by Gasteiger charge is 2.31. The van der Waals surface area contributed by atoms with Crippen LogP contribution in [0.3, 0.4) is 0 Å². The topological polar surface area (TPSA) is 66.9 Å². The van der Waals surface area contributed by atoms with Gasteiger partial charge in [0.05, 0.1) is 6.20 Å². The van der Waals surface area contributed by atoms with Crippen molar-refractivity contribution in [3.8, 4) is 5.88 Å². The van der Waals surface area contributed by atoms with E-state index in [9.17, 15) is 9.90 Å². The second-order valence-corrected chi connectivity index (χ2v) is 6.68. The first-order valence-electron chi connectivity index (χ1n) is 6.61. The molecule has 1 atom stereocenters. The molecular formula is C14H15ClN3O3S+. The van der Waals surface area contributed by atoms with Gasteiger partial charge in [0.2, 0.25) is 5.78 Å². The summed E-state index contributed by atoms with van der Waals surface area (Å²) in [5.41, 5.74) is 0.940. The standard InChI is InChI=1S/C14H14ClN3O3S/c1-21-8-10(19)12-13(20)18(7-9-6-16-14(15)22-9)11-4-2-3-5-17(11)12/h2-6,14,16H,7-8H2,1H3/p+1. The number of nitrogens with zero attached hydrogens (tertiary/aromatic N) is 2. The van der Waals surface area contributed by atoms with Gasteiger partial charge >= 0.3 is 5.88 Å². The van der Waals surface area contributed by atoms with Gasteiger partial charge in [-0.05, 0) is 6.07 Å². The first-order valence-corrected chi connectivity index (χ1v) is 7.93. The molecule has 0 aliphatic carbocycles. The van der Waals surface area contributed by atoms with E-state index in [0.29, 0.717) is 6.54 Å². The number of pyridine rings is 1. The van der Waals surface area contributed by atoms with Crippen molar-refractivity contribution in [3.05, 3.63) is 41.2 Å². The van der Waals surface area contributed by atoms with Crippen LogP contribution in [-0.2, 0) is 11.3 Å². The number of Topliss-reactive ketones (excluding diaryl/α,β-unsaturated/α-hetero) is 1. The van der Waals surface area contributed by atoms with Crippen LogP contribution in [0, 0.1) is 0 Å². The molecule has 8 heteroatoms. The van der Waals surface area contributed by atoms with Crippen molar-refractivity contribution in [3.63, 3.8) is 0 Å². The summed E-state index contributed by atoms with van der Waals surface area (Å²) in [6.07, 6.45) is 3.56. The molecule has 0 saturated heterocycles. The quantitative estimate of drug-likeness (QED) is 0.373. The number of carbonyl (C=O) groups is 1. The number of hydrogen-bond acceptors (Lipinski definition) is 5. The molecule has 0 amide bonds. The molecule has 6 nitrogen and oxygen atoms in total. The number of halogens is 1. The van der Waals surface area contributed by atoms with Crippen LogP contribution in [0.1, 0.15) is 10.5 Å². The van der Waals surface area contributed by atoms with Gasteiger partial charge in [-0.15, -0.1) is 0 Å². The Morgan fingerprint density at radius 2 is 2.41 bits per heavy atom. The molecule has 0 aromatic carbocycles. The van der Waals surface area contributed by atoms with Crippen molar-refractivity contribution in [2.45, 2.75) is 11.4 Å². The summed E-state index contributed by atoms with van der Waals surface area (Å²) in [4.78, 5) is 13.0. The summed E-state index contributed by atoms with van der Waals surface area (Å²) >= 11 is 7.45. The van der Waals surface area contributed by atoms with Crippen LogP contribution in [-0.4, -0.2) is 33.8 Å². The Hall–Kier alpha value is -1.70. The normalized spacial score (nSPS) is 17.5. The van der Waals surface area contributed by atoms with Gasteiger partial charge < -0.3 is 15.2 Å². The van der Waals surface area contributed by atoms with E-state index in [1.807, 2.05) is 18.3 Å². The van der Waals surface area contributed by atoms with Crippen LogP contribution >= 0.6 is 23.4 Å². The van der Waals surface area contributed by atoms with Gasteiger partial charge in [-0.2, -0.15) is 8.97 Å². The number of hydrogen-bond donors (Lipinski definition) is 2. The minimum absolute atomic E-state index is 0.0761. The van der Waals surface area contributed by atoms with E-state index in [2.05, 4.69) is 5.32 Å². The molecule has 2 aromatic rings. The number of carbonyl (C=O) groups excluding carboxylic acids is 1. The van der Waals surface area contributed by atoms with E-state index in [1.165, 1.54) is 18.9 Å². The predicted octanol–water partition coefficient (Wildman–Crippen LogP) is 1.46. The lowest BCUT2D eigenvalue weighted by molar-refractivity contribution is -0.667. The van der Waals surface area contributed by atoms with Gasteiger partial charge in [0.25, 0.3) is 11.3 Å². The number of allylic oxidation sites excluding steroid dienone is 1. The van der Waals surface area contributed by atoms with Crippen LogP contribution in [0.2, 0.25) is 0 Å². The summed E-state index contributed by atoms with van der Waals surface area (Å²) in [6, 6.07) is 5.50. The van der Waals surface area contributed by atoms with Crippen molar-refractivity contribution in [2.24, 2.45) is 0 Å². The molecule has 0 spiro atoms. The SMILES string of the molecule is COCC(=O)c1c(O)[n+](CC2=CNC(Cl)S2)c2ccccn12. The fraction of sp³-hybridized carbons (Fsp3) is 0.286. The average molecular weight is 341 g/mol. The van der Waals surface area contributed by atoms with Crippen molar-refractivity contribution in [1.29, 1.82) is 0 Å². The summed E-state index contributed by atoms with van der Waals surface area (Å²) in [5, 5.41) is 13.5. The van der Waals surface area contributed by atoms with Crippen LogP contribution in [0.4, 0.5) is 0 Å². The second kappa shape index (κ2) is 6.20. The third-order valence-electron chi connectivity index (χ3n) is 3.31. The molecule has 1 unspecified atom stereocenters. The highest BCUT2D eigenvalue weighted by Crippen LogP contribution is 2.29. The minimum Gasteiger partial charge on any atom is -0.475 e. The zero-order chi connectivity index (χ0) is 15.7. The van der Waals surface area contributed by atoms with E-state index in [1.54, 1.807) is 21.2 Å². The number of nitrogens with one attached hydrogen (secondary N) is 1. The summed E-state index contributed by atoms with van der Waals surface area (Å²) < 4.78 is 8.24. The third-order valence-corrected chi connectivity index (χ3v) is 4.59. The monoisotopic (exact) mass is 340 g/mol. The summed E-state index contributed by atoms with van der Waals surface area (Å²) in [7, 11) is 1.45. The Kier molecular flexibility index (Phi) is 4.28. The number of ether oxygens (including phenoxy) is 1. The second-order valence-electron chi connectivity index (χ2n) is 4.75. The molecule has 3 rings (SSSR count). The number of ketones is 1. The van der Waals surface area contributed by atoms with Crippen LogP contribution in [0.5, 0.6) is 5.88 Å². The number of rotatable bonds is 5. The Labute approximate surface area is 136 Å². The molecular weight excluding hydrogens is 326 g/mol. The number of imidazole rings is 1. The molecule has 1 aliphatic heterocycles. The maximum absolute atomic E-state index is 12.2. The number of fused-ring (bicyclic) bond motifs is 1. The predicted molar refractivity (Wildman–Crippen MR) is 83.9 cm³/mol.